The van der Waals surface area contributed by atoms with Crippen LogP contribution in [0.15, 0.2) is 73.3 Å². The fourth-order valence-corrected chi connectivity index (χ4v) is 6.78. The molecule has 4 aromatic rings. The molecule has 0 aliphatic heterocycles. The van der Waals surface area contributed by atoms with E-state index >= 15 is 0 Å². The number of benzene rings is 3. The number of sulfone groups is 1. The molecule has 274 valence electrons. The van der Waals surface area contributed by atoms with Crippen molar-refractivity contribution in [2.75, 3.05) is 36.1 Å². The molecule has 0 aliphatic carbocycles. The van der Waals surface area contributed by atoms with E-state index in [1.807, 2.05) is 0 Å². The molecule has 1 heterocycles. The molecule has 0 fully saturated rings. The number of aryl methyl sites for hydroxylation is 1. The number of nitrogens with one attached hydrogen (secondary N) is 2. The first-order valence-corrected chi connectivity index (χ1v) is 19.6. The summed E-state index contributed by atoms with van der Waals surface area (Å²) in [6.45, 7) is 4.11. The third-order valence-corrected chi connectivity index (χ3v) is 10.5. The van der Waals surface area contributed by atoms with Gasteiger partial charge in [0.05, 0.1) is 34.4 Å². The fraction of sp³-hybridized carbons (Fsp3) is 0.192. The van der Waals surface area contributed by atoms with Gasteiger partial charge in [0.25, 0.3) is 10.1 Å². The summed E-state index contributed by atoms with van der Waals surface area (Å²) in [5.74, 6) is -2.08. The average molecular weight is 858 g/mol. The summed E-state index contributed by atoms with van der Waals surface area (Å²) in [4.78, 5) is 7.69. The number of hydrogen-bond donors (Lipinski definition) is 3. The van der Waals surface area contributed by atoms with Crippen molar-refractivity contribution in [3.05, 3.63) is 60.0 Å². The van der Waals surface area contributed by atoms with Gasteiger partial charge in [0, 0.05) is 17.6 Å². The predicted molar refractivity (Wildman–Crippen MR) is 171 cm³/mol. The molecule has 1 aromatic heterocycles. The minimum atomic E-state index is -5.38. The van der Waals surface area contributed by atoms with E-state index in [1.54, 1.807) is 0 Å². The van der Waals surface area contributed by atoms with Crippen LogP contribution in [-0.4, -0.2) is 87.8 Å². The summed E-state index contributed by atoms with van der Waals surface area (Å²) in [6.07, 6.45) is -1.22. The van der Waals surface area contributed by atoms with Crippen LogP contribution < -0.4 is 104 Å². The van der Waals surface area contributed by atoms with Crippen LogP contribution in [0.4, 0.5) is 33.3 Å². The molecule has 3 aromatic carbocycles. The third kappa shape index (κ3) is 13.4. The van der Waals surface area contributed by atoms with E-state index in [2.05, 4.69) is 42.4 Å². The number of hydrogen-bond acceptors (Lipinski definition) is 19. The molecule has 0 atom stereocenters. The Morgan fingerprint density at radius 2 is 1.50 bits per heavy atom. The minimum Gasteiger partial charge on any atom is -0.871 e. The summed E-state index contributed by atoms with van der Waals surface area (Å²) in [6, 6.07) is 5.30. The molecule has 28 heteroatoms. The molecule has 0 unspecified atom stereocenters. The molecule has 0 bridgehead atoms. The normalized spacial score (nSPS) is 12.0. The molecule has 0 radical (unpaired) electrons. The van der Waals surface area contributed by atoms with Gasteiger partial charge in [-0.1, -0.05) is 18.4 Å². The van der Waals surface area contributed by atoms with Crippen molar-refractivity contribution >= 4 is 79.9 Å². The van der Waals surface area contributed by atoms with Crippen LogP contribution in [0, 0.1) is 13.0 Å². The molecule has 0 aliphatic rings. The molecule has 0 amide bonds. The van der Waals surface area contributed by atoms with E-state index in [0.29, 0.717) is 12.1 Å². The quantitative estimate of drug-likeness (QED) is 0.0433. The number of rotatable bonds is 15. The third-order valence-electron chi connectivity index (χ3n) is 6.52. The number of halogens is 1. The molecule has 54 heavy (non-hydrogen) atoms. The van der Waals surface area contributed by atoms with Crippen LogP contribution in [0.1, 0.15) is 5.56 Å². The standard InChI is InChI=1S/C26H26FN7O13S4.3Na/c1-3-48(36,37)9-8-47-7-6-28-25-30-24(27)31-26(32-25)29-16-4-5-17-15(11-16)12-21(51(44,45)46)22(23(17)35)34-33-18-13-19(49(38,39)40)14(2)10-20(18)50(41,42)43;;;/h3-5,10-13,35H,1,6-9H2,2H3,(H,38,39,40)(H,41,42,43)(H,44,45,46)(H2,28,29,30,31,32);;;/q;3*+1/p-3. The van der Waals surface area contributed by atoms with E-state index < -0.39 is 83.6 Å². The Morgan fingerprint density at radius 3 is 2.09 bits per heavy atom. The maximum absolute atomic E-state index is 14.1. The molecular formula is C26H23FN7Na3O13S4. The van der Waals surface area contributed by atoms with Crippen LogP contribution in [0.2, 0.25) is 0 Å². The van der Waals surface area contributed by atoms with Gasteiger partial charge in [-0.25, -0.2) is 25.3 Å². The van der Waals surface area contributed by atoms with Gasteiger partial charge in [-0.05, 0) is 53.6 Å². The number of nitrogens with zero attached hydrogens (tertiary/aromatic N) is 5. The van der Waals surface area contributed by atoms with E-state index in [1.165, 1.54) is 12.1 Å². The van der Waals surface area contributed by atoms with Crippen molar-refractivity contribution in [1.29, 1.82) is 0 Å². The second-order valence-electron chi connectivity index (χ2n) is 10.1. The van der Waals surface area contributed by atoms with Crippen LogP contribution in [0.3, 0.4) is 0 Å². The van der Waals surface area contributed by atoms with Gasteiger partial charge in [-0.2, -0.15) is 27.8 Å². The smallest absolute Gasteiger partial charge is 0.871 e. The SMILES string of the molecule is C=CS(=O)(=O)CCOCCNc1nc(F)nc(Nc2ccc3c([O-])c(N=Nc4cc(S(=O)(=O)[O-])c(C)cc4S(=O)(=O)[O-])c(S(=O)(=O)O)cc3c2)n1.[Na+].[Na+].[Na+]. The van der Waals surface area contributed by atoms with Gasteiger partial charge in [0.15, 0.2) is 9.84 Å². The number of ether oxygens (including phenoxy) is 1. The minimum absolute atomic E-state index is 0. The van der Waals surface area contributed by atoms with Crippen molar-refractivity contribution in [1.82, 2.24) is 15.0 Å². The average Bonchev–Trinajstić information content (AvgIpc) is 3.00. The number of azo groups is 1. The second kappa shape index (κ2) is 20.1. The van der Waals surface area contributed by atoms with E-state index in [0.717, 1.165) is 24.5 Å². The van der Waals surface area contributed by atoms with Gasteiger partial charge in [-0.3, -0.25) is 4.55 Å². The number of fused-ring (bicyclic) bond motifs is 1. The predicted octanol–water partition coefficient (Wildman–Crippen LogP) is -7.24. The van der Waals surface area contributed by atoms with E-state index in [4.69, 9.17) is 4.74 Å². The fourth-order valence-electron chi connectivity index (χ4n) is 4.22. The first-order valence-electron chi connectivity index (χ1n) is 13.7. The summed E-state index contributed by atoms with van der Waals surface area (Å²) in [5, 5.41) is 25.9. The molecule has 4 rings (SSSR count). The van der Waals surface area contributed by atoms with Crippen molar-refractivity contribution in [2.45, 2.75) is 21.6 Å². The molecule has 20 nitrogen and oxygen atoms in total. The zero-order valence-electron chi connectivity index (χ0n) is 28.7. The monoisotopic (exact) mass is 857 g/mol. The van der Waals surface area contributed by atoms with Crippen molar-refractivity contribution in [3.63, 3.8) is 0 Å². The Kier molecular flexibility index (Phi) is 18.7. The van der Waals surface area contributed by atoms with E-state index in [9.17, 15) is 56.8 Å². The van der Waals surface area contributed by atoms with Crippen LogP contribution in [0.25, 0.3) is 10.8 Å². The van der Waals surface area contributed by atoms with Gasteiger partial charge in [0.2, 0.25) is 11.9 Å². The molecule has 0 saturated carbocycles. The van der Waals surface area contributed by atoms with Gasteiger partial charge in [-0.15, -0.1) is 10.2 Å². The van der Waals surface area contributed by atoms with Crippen LogP contribution in [0.5, 0.6) is 5.75 Å². The number of anilines is 3. The largest absolute Gasteiger partial charge is 1.00 e. The number of aromatic nitrogens is 3. The van der Waals surface area contributed by atoms with E-state index in [-0.39, 0.29) is 143 Å². The summed E-state index contributed by atoms with van der Waals surface area (Å²) in [7, 11) is -19.3. The van der Waals surface area contributed by atoms with Gasteiger partial charge in [0.1, 0.15) is 30.8 Å². The van der Waals surface area contributed by atoms with Crippen molar-refractivity contribution in [3.8, 4) is 5.75 Å². The second-order valence-corrected chi connectivity index (χ2v) is 16.3. The van der Waals surface area contributed by atoms with Gasteiger partial charge < -0.3 is 29.6 Å². The Hall–Kier alpha value is -1.76. The zero-order chi connectivity index (χ0) is 37.9. The summed E-state index contributed by atoms with van der Waals surface area (Å²) >= 11 is 0. The van der Waals surface area contributed by atoms with Crippen molar-refractivity contribution in [2.24, 2.45) is 10.2 Å². The van der Waals surface area contributed by atoms with Gasteiger partial charge >= 0.3 is 94.8 Å². The Bertz CT molecular complexity index is 2530. The maximum Gasteiger partial charge on any atom is 1.00 e. The topological polar surface area (TPSA) is 323 Å². The molecule has 3 N–H and O–H groups in total. The summed E-state index contributed by atoms with van der Waals surface area (Å²) < 4.78 is 147. The first kappa shape index (κ1) is 50.3. The molecular weight excluding hydrogens is 835 g/mol. The zero-order valence-corrected chi connectivity index (χ0v) is 37.9. The Balaban J connectivity index is 0.00000486. The maximum atomic E-state index is 14.1. The molecule has 0 saturated heterocycles. The van der Waals surface area contributed by atoms with Crippen molar-refractivity contribution < 1.29 is 150 Å². The molecule has 0 spiro atoms. The summed E-state index contributed by atoms with van der Waals surface area (Å²) in [5.41, 5.74) is -2.45. The van der Waals surface area contributed by atoms with Crippen LogP contribution >= 0.6 is 0 Å². The first-order chi connectivity index (χ1) is 23.6. The Morgan fingerprint density at radius 1 is 0.870 bits per heavy atom. The van der Waals surface area contributed by atoms with Crippen LogP contribution in [-0.2, 0) is 44.9 Å². The Labute approximate surface area is 374 Å².